The van der Waals surface area contributed by atoms with Crippen molar-refractivity contribution in [2.24, 2.45) is 4.99 Å². The first-order valence-corrected chi connectivity index (χ1v) is 2.79. The quantitative estimate of drug-likeness (QED) is 0.343. The maximum Gasteiger partial charge on any atom is 0.248 e. The van der Waals surface area contributed by atoms with Crippen LogP contribution >= 0.6 is 0 Å². The average Bonchev–Trinajstić information content (AvgIpc) is 1.88. The normalized spacial score (nSPS) is 10.3. The highest BCUT2D eigenvalue weighted by molar-refractivity contribution is 6.01. The Balaban J connectivity index is 3.89. The zero-order valence-electron chi connectivity index (χ0n) is 5.92. The number of rotatable bonds is 2. The van der Waals surface area contributed by atoms with Gasteiger partial charge in [-0.25, -0.2) is 4.99 Å². The van der Waals surface area contributed by atoms with Crippen LogP contribution in [0.2, 0.25) is 0 Å². The molecule has 3 heteroatoms. The van der Waals surface area contributed by atoms with Gasteiger partial charge in [0.1, 0.15) is 5.84 Å². The van der Waals surface area contributed by atoms with E-state index in [0.717, 1.165) is 0 Å². The number of hydrogen-bond acceptors (Lipinski definition) is 2. The molecule has 10 heavy (non-hydrogen) atoms. The lowest BCUT2D eigenvalue weighted by molar-refractivity contribution is -0.115. The number of amides is 1. The minimum Gasteiger partial charge on any atom is -0.311 e. The van der Waals surface area contributed by atoms with Crippen LogP contribution in [0.1, 0.15) is 6.92 Å². The SMILES string of the molecule is C=CN=C(C)NC(=O)C=C. The highest BCUT2D eigenvalue weighted by atomic mass is 16.1. The van der Waals surface area contributed by atoms with Gasteiger partial charge in [0, 0.05) is 6.20 Å². The van der Waals surface area contributed by atoms with E-state index in [9.17, 15) is 4.79 Å². The van der Waals surface area contributed by atoms with E-state index in [2.05, 4.69) is 23.5 Å². The molecule has 3 nitrogen and oxygen atoms in total. The molecule has 0 aromatic heterocycles. The Morgan fingerprint density at radius 1 is 1.60 bits per heavy atom. The lowest BCUT2D eigenvalue weighted by atomic mass is 10.5. The van der Waals surface area contributed by atoms with Crippen molar-refractivity contribution in [1.82, 2.24) is 5.32 Å². The highest BCUT2D eigenvalue weighted by Crippen LogP contribution is 1.74. The fourth-order valence-electron chi connectivity index (χ4n) is 0.399. The number of aliphatic imine (C=N–C) groups is 1. The van der Waals surface area contributed by atoms with Gasteiger partial charge in [0.15, 0.2) is 0 Å². The first kappa shape index (κ1) is 8.62. The molecule has 0 aliphatic rings. The maximum absolute atomic E-state index is 10.6. The zero-order chi connectivity index (χ0) is 7.98. The molecule has 0 bridgehead atoms. The Bertz CT molecular complexity index is 182. The maximum atomic E-state index is 10.6. The number of hydrogen-bond donors (Lipinski definition) is 1. The van der Waals surface area contributed by atoms with Crippen LogP contribution in [0.4, 0.5) is 0 Å². The van der Waals surface area contributed by atoms with E-state index >= 15 is 0 Å². The third kappa shape index (κ3) is 3.60. The van der Waals surface area contributed by atoms with Crippen LogP contribution in [0.15, 0.2) is 30.4 Å². The van der Waals surface area contributed by atoms with Gasteiger partial charge >= 0.3 is 0 Å². The lowest BCUT2D eigenvalue weighted by Crippen LogP contribution is -2.25. The van der Waals surface area contributed by atoms with Gasteiger partial charge < -0.3 is 5.32 Å². The molecule has 0 atom stereocenters. The molecule has 0 heterocycles. The van der Waals surface area contributed by atoms with Gasteiger partial charge in [0.2, 0.25) is 5.91 Å². The third-order valence-electron chi connectivity index (χ3n) is 0.774. The van der Waals surface area contributed by atoms with Crippen LogP contribution in [-0.4, -0.2) is 11.7 Å². The Hall–Kier alpha value is -1.38. The summed E-state index contributed by atoms with van der Waals surface area (Å²) >= 11 is 0. The molecule has 0 saturated carbocycles. The first-order chi connectivity index (χ1) is 4.70. The zero-order valence-corrected chi connectivity index (χ0v) is 5.92. The molecular formula is C7H10N2O. The molecule has 0 aliphatic carbocycles. The average molecular weight is 138 g/mol. The fraction of sp³-hybridized carbons (Fsp3) is 0.143. The molecule has 0 unspecified atom stereocenters. The summed E-state index contributed by atoms with van der Waals surface area (Å²) in [6.45, 7) is 8.32. The number of carbonyl (C=O) groups is 1. The van der Waals surface area contributed by atoms with Crippen molar-refractivity contribution >= 4 is 11.7 Å². The van der Waals surface area contributed by atoms with Gasteiger partial charge in [-0.05, 0) is 13.0 Å². The molecule has 0 saturated heterocycles. The molecular weight excluding hydrogens is 128 g/mol. The van der Waals surface area contributed by atoms with Crippen molar-refractivity contribution in [3.63, 3.8) is 0 Å². The minimum atomic E-state index is -0.261. The number of carbonyl (C=O) groups excluding carboxylic acids is 1. The van der Waals surface area contributed by atoms with Crippen molar-refractivity contribution in [3.8, 4) is 0 Å². The standard InChI is InChI=1S/C7H10N2O/c1-4-7(10)9-6(3)8-5-2/h4-5H,1-2H2,3H3,(H,8,9,10). The fourth-order valence-corrected chi connectivity index (χ4v) is 0.399. The molecule has 0 radical (unpaired) electrons. The summed E-state index contributed by atoms with van der Waals surface area (Å²) in [7, 11) is 0. The summed E-state index contributed by atoms with van der Waals surface area (Å²) in [5.41, 5.74) is 0. The first-order valence-electron chi connectivity index (χ1n) is 2.79. The van der Waals surface area contributed by atoms with Crippen LogP contribution in [0.25, 0.3) is 0 Å². The second-order valence-corrected chi connectivity index (χ2v) is 1.59. The number of nitrogens with zero attached hydrogens (tertiary/aromatic N) is 1. The van der Waals surface area contributed by atoms with E-state index in [1.807, 2.05) is 0 Å². The van der Waals surface area contributed by atoms with E-state index in [-0.39, 0.29) is 5.91 Å². The van der Waals surface area contributed by atoms with Crippen molar-refractivity contribution < 1.29 is 4.79 Å². The molecule has 0 aromatic carbocycles. The van der Waals surface area contributed by atoms with Crippen molar-refractivity contribution in [2.45, 2.75) is 6.92 Å². The predicted octanol–water partition coefficient (Wildman–Crippen LogP) is 0.851. The predicted molar refractivity (Wildman–Crippen MR) is 41.6 cm³/mol. The largest absolute Gasteiger partial charge is 0.311 e. The molecule has 0 aliphatic heterocycles. The van der Waals surface area contributed by atoms with Gasteiger partial charge in [0.05, 0.1) is 0 Å². The van der Waals surface area contributed by atoms with E-state index in [4.69, 9.17) is 0 Å². The molecule has 0 fully saturated rings. The van der Waals surface area contributed by atoms with Crippen LogP contribution in [0.3, 0.4) is 0 Å². The van der Waals surface area contributed by atoms with E-state index in [1.54, 1.807) is 6.92 Å². The van der Waals surface area contributed by atoms with Crippen LogP contribution in [-0.2, 0) is 4.79 Å². The van der Waals surface area contributed by atoms with E-state index in [1.165, 1.54) is 12.3 Å². The smallest absolute Gasteiger partial charge is 0.248 e. The Morgan fingerprint density at radius 2 is 2.20 bits per heavy atom. The topological polar surface area (TPSA) is 41.5 Å². The third-order valence-corrected chi connectivity index (χ3v) is 0.774. The van der Waals surface area contributed by atoms with Crippen LogP contribution < -0.4 is 5.32 Å². The minimum absolute atomic E-state index is 0.261. The van der Waals surface area contributed by atoms with E-state index < -0.39 is 0 Å². The van der Waals surface area contributed by atoms with Crippen molar-refractivity contribution in [1.29, 1.82) is 0 Å². The van der Waals surface area contributed by atoms with Gasteiger partial charge in [0.25, 0.3) is 0 Å². The summed E-state index contributed by atoms with van der Waals surface area (Å²) in [6, 6.07) is 0. The molecule has 54 valence electrons. The molecule has 0 rings (SSSR count). The molecule has 1 amide bonds. The Morgan fingerprint density at radius 3 is 2.60 bits per heavy atom. The summed E-state index contributed by atoms with van der Waals surface area (Å²) < 4.78 is 0. The Kier molecular flexibility index (Phi) is 3.87. The summed E-state index contributed by atoms with van der Waals surface area (Å²) in [4.78, 5) is 14.3. The van der Waals surface area contributed by atoms with Crippen LogP contribution in [0, 0.1) is 0 Å². The van der Waals surface area contributed by atoms with Crippen molar-refractivity contribution in [3.05, 3.63) is 25.4 Å². The second kappa shape index (κ2) is 4.49. The number of nitrogens with one attached hydrogen (secondary N) is 1. The summed E-state index contributed by atoms with van der Waals surface area (Å²) in [5, 5.41) is 2.45. The molecule has 0 spiro atoms. The lowest BCUT2D eigenvalue weighted by Gasteiger charge is -1.96. The Labute approximate surface area is 60.2 Å². The highest BCUT2D eigenvalue weighted by Gasteiger charge is 1.92. The molecule has 0 aromatic rings. The van der Waals surface area contributed by atoms with E-state index in [0.29, 0.717) is 5.84 Å². The molecule has 1 N–H and O–H groups in total. The van der Waals surface area contributed by atoms with Gasteiger partial charge in [-0.3, -0.25) is 4.79 Å². The van der Waals surface area contributed by atoms with Gasteiger partial charge in [-0.15, -0.1) is 0 Å². The van der Waals surface area contributed by atoms with Crippen molar-refractivity contribution in [2.75, 3.05) is 0 Å². The van der Waals surface area contributed by atoms with Gasteiger partial charge in [-0.1, -0.05) is 13.2 Å². The number of amidine groups is 1. The monoisotopic (exact) mass is 138 g/mol. The second-order valence-electron chi connectivity index (χ2n) is 1.59. The summed E-state index contributed by atoms with van der Waals surface area (Å²) in [6.07, 6.45) is 2.54. The summed E-state index contributed by atoms with van der Waals surface area (Å²) in [5.74, 6) is 0.253. The van der Waals surface area contributed by atoms with Gasteiger partial charge in [-0.2, -0.15) is 0 Å². The van der Waals surface area contributed by atoms with Crippen LogP contribution in [0.5, 0.6) is 0 Å².